The maximum Gasteiger partial charge on any atom is 0.324 e. The summed E-state index contributed by atoms with van der Waals surface area (Å²) >= 11 is 0. The Hall–Kier alpha value is -1.67. The molecule has 2 fully saturated rings. The lowest BCUT2D eigenvalue weighted by Crippen LogP contribution is -2.51. The van der Waals surface area contributed by atoms with Crippen molar-refractivity contribution >= 4 is 17.8 Å². The second-order valence-electron chi connectivity index (χ2n) is 6.97. The van der Waals surface area contributed by atoms with E-state index in [-0.39, 0.29) is 31.2 Å². The first-order chi connectivity index (χ1) is 11.3. The van der Waals surface area contributed by atoms with Gasteiger partial charge in [0.2, 0.25) is 11.8 Å². The number of urea groups is 1. The van der Waals surface area contributed by atoms with Gasteiger partial charge >= 0.3 is 6.03 Å². The molecule has 24 heavy (non-hydrogen) atoms. The molecule has 1 atom stereocenters. The van der Waals surface area contributed by atoms with Crippen LogP contribution in [0.5, 0.6) is 0 Å². The summed E-state index contributed by atoms with van der Waals surface area (Å²) in [5.74, 6) is -0.307. The molecule has 136 valence electrons. The number of nitrogens with one attached hydrogen (secondary N) is 1. The molecule has 0 aromatic carbocycles. The van der Waals surface area contributed by atoms with E-state index in [0.29, 0.717) is 39.0 Å². The Bertz CT molecular complexity index is 480. The van der Waals surface area contributed by atoms with Crippen molar-refractivity contribution in [1.82, 2.24) is 20.0 Å². The van der Waals surface area contributed by atoms with Crippen LogP contribution in [-0.2, 0) is 9.59 Å². The van der Waals surface area contributed by atoms with E-state index in [4.69, 9.17) is 0 Å². The Morgan fingerprint density at radius 1 is 1.29 bits per heavy atom. The highest BCUT2D eigenvalue weighted by Gasteiger charge is 2.32. The summed E-state index contributed by atoms with van der Waals surface area (Å²) in [5.41, 5.74) is -0.763. The fourth-order valence-corrected chi connectivity index (χ4v) is 3.39. The molecule has 0 aliphatic carbocycles. The summed E-state index contributed by atoms with van der Waals surface area (Å²) in [6.07, 6.45) is 2.37. The van der Waals surface area contributed by atoms with Crippen molar-refractivity contribution in [3.63, 3.8) is 0 Å². The molecule has 8 heteroatoms. The molecule has 0 unspecified atom stereocenters. The minimum absolute atomic E-state index is 0.0738. The number of nitrogens with zero attached hydrogens (tertiary/aromatic N) is 3. The van der Waals surface area contributed by atoms with Crippen molar-refractivity contribution in [3.8, 4) is 0 Å². The number of imide groups is 1. The summed E-state index contributed by atoms with van der Waals surface area (Å²) in [7, 11) is 3.85. The molecular formula is C16H28N4O4. The lowest BCUT2D eigenvalue weighted by molar-refractivity contribution is -0.133. The first kappa shape index (κ1) is 18.7. The van der Waals surface area contributed by atoms with Crippen LogP contribution in [0.1, 0.15) is 32.1 Å². The summed E-state index contributed by atoms with van der Waals surface area (Å²) in [6, 6.07) is -0.421. The minimum Gasteiger partial charge on any atom is -0.388 e. The van der Waals surface area contributed by atoms with Crippen molar-refractivity contribution < 1.29 is 19.5 Å². The Labute approximate surface area is 142 Å². The highest BCUT2D eigenvalue weighted by atomic mass is 16.3. The van der Waals surface area contributed by atoms with Gasteiger partial charge < -0.3 is 20.2 Å². The van der Waals surface area contributed by atoms with Gasteiger partial charge in [0.05, 0.1) is 5.60 Å². The number of rotatable bonds is 5. The predicted octanol–water partition coefficient (Wildman–Crippen LogP) is -0.376. The lowest BCUT2D eigenvalue weighted by atomic mass is 9.94. The first-order valence-electron chi connectivity index (χ1n) is 8.54. The summed E-state index contributed by atoms with van der Waals surface area (Å²) < 4.78 is 0. The van der Waals surface area contributed by atoms with Gasteiger partial charge in [-0.05, 0) is 33.4 Å². The average Bonchev–Trinajstić information content (AvgIpc) is 2.67. The average molecular weight is 340 g/mol. The highest BCUT2D eigenvalue weighted by Crippen LogP contribution is 2.23. The maximum atomic E-state index is 12.4. The Kier molecular flexibility index (Phi) is 6.17. The van der Waals surface area contributed by atoms with Gasteiger partial charge in [0.1, 0.15) is 0 Å². The Balaban J connectivity index is 1.84. The number of likely N-dealkylation sites (N-methyl/N-ethyl adjacent to an activating group) is 1. The Morgan fingerprint density at radius 3 is 2.71 bits per heavy atom. The van der Waals surface area contributed by atoms with Crippen LogP contribution in [0.15, 0.2) is 0 Å². The van der Waals surface area contributed by atoms with Crippen LogP contribution in [0.3, 0.4) is 0 Å². The first-order valence-corrected chi connectivity index (χ1v) is 8.54. The molecule has 2 saturated heterocycles. The van der Waals surface area contributed by atoms with E-state index >= 15 is 0 Å². The molecule has 2 heterocycles. The number of carbonyl (C=O) groups excluding carboxylic acids is 3. The van der Waals surface area contributed by atoms with Gasteiger partial charge in [-0.3, -0.25) is 14.5 Å². The summed E-state index contributed by atoms with van der Waals surface area (Å²) in [4.78, 5) is 40.6. The molecule has 2 aliphatic heterocycles. The molecule has 2 rings (SSSR count). The molecule has 0 radical (unpaired) electrons. The van der Waals surface area contributed by atoms with Gasteiger partial charge in [-0.1, -0.05) is 0 Å². The van der Waals surface area contributed by atoms with Crippen LogP contribution in [0.4, 0.5) is 4.79 Å². The normalized spacial score (nSPS) is 25.7. The molecular weight excluding hydrogens is 312 g/mol. The van der Waals surface area contributed by atoms with Crippen LogP contribution in [0, 0.1) is 0 Å². The maximum absolute atomic E-state index is 12.4. The fourth-order valence-electron chi connectivity index (χ4n) is 3.39. The standard InChI is InChI=1S/C16H28N4O4/c1-18(2)12-16(24)6-3-9-19(11-7-16)13(21)5-10-20-14(22)4-8-17-15(20)23/h24H,3-12H2,1-2H3,(H,17,23)/t16-/m1/s1. The molecule has 0 bridgehead atoms. The van der Waals surface area contributed by atoms with Gasteiger partial charge in [0.15, 0.2) is 0 Å². The monoisotopic (exact) mass is 340 g/mol. The molecule has 2 aliphatic rings. The smallest absolute Gasteiger partial charge is 0.324 e. The van der Waals surface area contributed by atoms with Gasteiger partial charge in [0.25, 0.3) is 0 Å². The van der Waals surface area contributed by atoms with Crippen LogP contribution < -0.4 is 5.32 Å². The third-order valence-corrected chi connectivity index (χ3v) is 4.59. The van der Waals surface area contributed by atoms with Crippen molar-refractivity contribution in [2.45, 2.75) is 37.7 Å². The molecule has 4 amide bonds. The SMILES string of the molecule is CN(C)C[C@@]1(O)CCCN(C(=O)CCN2C(=O)CCNC2=O)CC1. The number of hydrogen-bond donors (Lipinski definition) is 2. The lowest BCUT2D eigenvalue weighted by Gasteiger charge is -2.30. The van der Waals surface area contributed by atoms with Crippen LogP contribution >= 0.6 is 0 Å². The zero-order valence-electron chi connectivity index (χ0n) is 14.6. The van der Waals surface area contributed by atoms with Crippen molar-refractivity contribution in [2.24, 2.45) is 0 Å². The van der Waals surface area contributed by atoms with Crippen LogP contribution in [-0.4, -0.2) is 90.1 Å². The van der Waals surface area contributed by atoms with E-state index in [1.54, 1.807) is 4.90 Å². The van der Waals surface area contributed by atoms with E-state index < -0.39 is 11.6 Å². The zero-order chi connectivity index (χ0) is 17.7. The summed E-state index contributed by atoms with van der Waals surface area (Å²) in [5, 5.41) is 13.2. The van der Waals surface area contributed by atoms with E-state index in [9.17, 15) is 19.5 Å². The molecule has 0 aromatic rings. The number of hydrogen-bond acceptors (Lipinski definition) is 5. The van der Waals surface area contributed by atoms with E-state index in [0.717, 1.165) is 11.3 Å². The number of amides is 4. The quantitative estimate of drug-likeness (QED) is 0.712. The second kappa shape index (κ2) is 7.94. The van der Waals surface area contributed by atoms with E-state index in [1.165, 1.54) is 0 Å². The minimum atomic E-state index is -0.763. The van der Waals surface area contributed by atoms with Gasteiger partial charge in [-0.25, -0.2) is 4.79 Å². The third-order valence-electron chi connectivity index (χ3n) is 4.59. The van der Waals surface area contributed by atoms with Crippen molar-refractivity contribution in [2.75, 3.05) is 46.8 Å². The largest absolute Gasteiger partial charge is 0.388 e. The van der Waals surface area contributed by atoms with E-state index in [2.05, 4.69) is 5.32 Å². The molecule has 2 N–H and O–H groups in total. The third kappa shape index (κ3) is 4.91. The van der Waals surface area contributed by atoms with Crippen LogP contribution in [0.2, 0.25) is 0 Å². The second-order valence-corrected chi connectivity index (χ2v) is 6.97. The van der Waals surface area contributed by atoms with Crippen molar-refractivity contribution in [3.05, 3.63) is 0 Å². The van der Waals surface area contributed by atoms with Gasteiger partial charge in [0, 0.05) is 45.6 Å². The zero-order valence-corrected chi connectivity index (χ0v) is 14.6. The topological polar surface area (TPSA) is 93.2 Å². The Morgan fingerprint density at radius 2 is 2.04 bits per heavy atom. The van der Waals surface area contributed by atoms with Crippen LogP contribution in [0.25, 0.3) is 0 Å². The van der Waals surface area contributed by atoms with Gasteiger partial charge in [-0.2, -0.15) is 0 Å². The molecule has 0 saturated carbocycles. The predicted molar refractivity (Wildman–Crippen MR) is 88.3 cm³/mol. The molecule has 0 aromatic heterocycles. The van der Waals surface area contributed by atoms with E-state index in [1.807, 2.05) is 19.0 Å². The number of carbonyl (C=O) groups is 3. The summed E-state index contributed by atoms with van der Waals surface area (Å²) in [6.45, 7) is 2.16. The number of likely N-dealkylation sites (tertiary alicyclic amines) is 1. The molecule has 0 spiro atoms. The molecule has 8 nitrogen and oxygen atoms in total. The van der Waals surface area contributed by atoms with Gasteiger partial charge in [-0.15, -0.1) is 0 Å². The number of aliphatic hydroxyl groups is 1. The van der Waals surface area contributed by atoms with Crippen molar-refractivity contribution in [1.29, 1.82) is 0 Å². The highest BCUT2D eigenvalue weighted by molar-refractivity contribution is 5.97. The fraction of sp³-hybridized carbons (Fsp3) is 0.812.